The van der Waals surface area contributed by atoms with Crippen LogP contribution in [0.15, 0.2) is 25.3 Å². The molecule has 1 saturated carbocycles. The van der Waals surface area contributed by atoms with E-state index in [1.54, 1.807) is 0 Å². The zero-order chi connectivity index (χ0) is 20.5. The molecule has 0 amide bonds. The van der Waals surface area contributed by atoms with Crippen LogP contribution in [0.3, 0.4) is 0 Å². The lowest BCUT2D eigenvalue weighted by molar-refractivity contribution is -0.140. The van der Waals surface area contributed by atoms with Crippen LogP contribution in [-0.2, 0) is 38.0 Å². The summed E-state index contributed by atoms with van der Waals surface area (Å²) in [6.45, 7) is 9.77. The third-order valence-electron chi connectivity index (χ3n) is 4.06. The summed E-state index contributed by atoms with van der Waals surface area (Å²) in [7, 11) is 0. The molecule has 0 aromatic carbocycles. The van der Waals surface area contributed by atoms with Crippen LogP contribution < -0.4 is 0 Å². The molecule has 0 saturated heterocycles. The summed E-state index contributed by atoms with van der Waals surface area (Å²) < 4.78 is 31.9. The number of carbonyl (C=O) groups excluding carboxylic acids is 2. The molecule has 1 aliphatic rings. The van der Waals surface area contributed by atoms with Gasteiger partial charge in [0.2, 0.25) is 0 Å². The molecule has 28 heavy (non-hydrogen) atoms. The molecule has 1 rings (SSSR count). The van der Waals surface area contributed by atoms with Crippen molar-refractivity contribution in [3.8, 4) is 0 Å². The summed E-state index contributed by atoms with van der Waals surface area (Å²) in [5.41, 5.74) is 0. The Hall–Kier alpha value is -1.74. The van der Waals surface area contributed by atoms with E-state index >= 15 is 0 Å². The first kappa shape index (κ1) is 24.3. The summed E-state index contributed by atoms with van der Waals surface area (Å²) in [5.74, 6) is -0.890. The lowest BCUT2D eigenvalue weighted by Gasteiger charge is -2.28. The molecule has 0 heterocycles. The first-order chi connectivity index (χ1) is 13.7. The van der Waals surface area contributed by atoms with Crippen molar-refractivity contribution in [2.75, 3.05) is 52.9 Å². The SMILES string of the molecule is C=CC(=O)OCCOCCOC1CCC(OCCOCCOC(=O)C=C)CC1. The van der Waals surface area contributed by atoms with Gasteiger partial charge in [0, 0.05) is 12.2 Å². The Morgan fingerprint density at radius 3 is 1.36 bits per heavy atom. The topological polar surface area (TPSA) is 89.5 Å². The molecular formula is C20H32O8. The van der Waals surface area contributed by atoms with Gasteiger partial charge in [0.25, 0.3) is 0 Å². The van der Waals surface area contributed by atoms with Gasteiger partial charge in [0.15, 0.2) is 0 Å². The van der Waals surface area contributed by atoms with Gasteiger partial charge in [-0.25, -0.2) is 9.59 Å². The zero-order valence-electron chi connectivity index (χ0n) is 16.5. The molecule has 0 bridgehead atoms. The summed E-state index contributed by atoms with van der Waals surface area (Å²) in [6.07, 6.45) is 6.55. The first-order valence-corrected chi connectivity index (χ1v) is 9.62. The molecule has 8 nitrogen and oxygen atoms in total. The summed E-state index contributed by atoms with van der Waals surface area (Å²) in [4.78, 5) is 21.7. The van der Waals surface area contributed by atoms with E-state index in [1.807, 2.05) is 0 Å². The van der Waals surface area contributed by atoms with Crippen LogP contribution in [0.1, 0.15) is 25.7 Å². The molecule has 0 radical (unpaired) electrons. The standard InChI is InChI=1S/C20H32O8/c1-3-19(21)27-15-11-23-9-13-25-17-5-7-18(8-6-17)26-14-10-24-12-16-28-20(22)4-2/h3-4,17-18H,1-2,5-16H2. The molecule has 0 aromatic rings. The number of hydrogen-bond acceptors (Lipinski definition) is 8. The number of esters is 2. The minimum absolute atomic E-state index is 0.219. The smallest absolute Gasteiger partial charge is 0.330 e. The van der Waals surface area contributed by atoms with Gasteiger partial charge >= 0.3 is 11.9 Å². The highest BCUT2D eigenvalue weighted by molar-refractivity contribution is 5.81. The van der Waals surface area contributed by atoms with Crippen molar-refractivity contribution in [1.29, 1.82) is 0 Å². The van der Waals surface area contributed by atoms with Gasteiger partial charge in [-0.2, -0.15) is 0 Å². The molecule has 0 aliphatic heterocycles. The fourth-order valence-corrected chi connectivity index (χ4v) is 2.64. The predicted octanol–water partition coefficient (Wildman–Crippen LogP) is 1.82. The lowest BCUT2D eigenvalue weighted by Crippen LogP contribution is -2.28. The minimum Gasteiger partial charge on any atom is -0.460 e. The average Bonchev–Trinajstić information content (AvgIpc) is 2.72. The minimum atomic E-state index is -0.445. The highest BCUT2D eigenvalue weighted by Crippen LogP contribution is 2.23. The maximum atomic E-state index is 10.8. The quantitative estimate of drug-likeness (QED) is 0.220. The van der Waals surface area contributed by atoms with E-state index in [1.165, 1.54) is 0 Å². The van der Waals surface area contributed by atoms with E-state index in [4.69, 9.17) is 28.4 Å². The zero-order valence-corrected chi connectivity index (χ0v) is 16.5. The second-order valence-corrected chi connectivity index (χ2v) is 6.11. The van der Waals surface area contributed by atoms with Gasteiger partial charge in [-0.3, -0.25) is 0 Å². The highest BCUT2D eigenvalue weighted by Gasteiger charge is 2.21. The number of hydrogen-bond donors (Lipinski definition) is 0. The van der Waals surface area contributed by atoms with E-state index in [-0.39, 0.29) is 25.4 Å². The van der Waals surface area contributed by atoms with Gasteiger partial charge in [0.05, 0.1) is 51.8 Å². The van der Waals surface area contributed by atoms with E-state index in [9.17, 15) is 9.59 Å². The molecular weight excluding hydrogens is 368 g/mol. The average molecular weight is 400 g/mol. The largest absolute Gasteiger partial charge is 0.460 e. The second kappa shape index (κ2) is 16.2. The lowest BCUT2D eigenvalue weighted by atomic mass is 9.95. The van der Waals surface area contributed by atoms with Gasteiger partial charge in [-0.15, -0.1) is 0 Å². The second-order valence-electron chi connectivity index (χ2n) is 6.11. The predicted molar refractivity (Wildman–Crippen MR) is 102 cm³/mol. The van der Waals surface area contributed by atoms with Crippen LogP contribution in [0.25, 0.3) is 0 Å². The Bertz CT molecular complexity index is 415. The van der Waals surface area contributed by atoms with Crippen molar-refractivity contribution in [2.45, 2.75) is 37.9 Å². The van der Waals surface area contributed by atoms with Crippen LogP contribution in [0, 0.1) is 0 Å². The summed E-state index contributed by atoms with van der Waals surface area (Å²) >= 11 is 0. The maximum Gasteiger partial charge on any atom is 0.330 e. The van der Waals surface area contributed by atoms with Gasteiger partial charge in [-0.1, -0.05) is 13.2 Å². The van der Waals surface area contributed by atoms with Crippen LogP contribution in [0.5, 0.6) is 0 Å². The Morgan fingerprint density at radius 1 is 0.643 bits per heavy atom. The fourth-order valence-electron chi connectivity index (χ4n) is 2.64. The molecule has 1 fully saturated rings. The van der Waals surface area contributed by atoms with Gasteiger partial charge in [-0.05, 0) is 25.7 Å². The van der Waals surface area contributed by atoms with Crippen molar-refractivity contribution in [1.82, 2.24) is 0 Å². The molecule has 0 spiro atoms. The highest BCUT2D eigenvalue weighted by atomic mass is 16.6. The molecule has 0 unspecified atom stereocenters. The van der Waals surface area contributed by atoms with Crippen LogP contribution in [0.2, 0.25) is 0 Å². The maximum absolute atomic E-state index is 10.8. The van der Waals surface area contributed by atoms with E-state index in [0.29, 0.717) is 39.6 Å². The van der Waals surface area contributed by atoms with Gasteiger partial charge in [0.1, 0.15) is 13.2 Å². The number of rotatable bonds is 16. The molecule has 8 heteroatoms. The summed E-state index contributed by atoms with van der Waals surface area (Å²) in [6, 6.07) is 0. The molecule has 0 aromatic heterocycles. The Balaban J connectivity index is 1.88. The molecule has 1 aliphatic carbocycles. The number of ether oxygens (including phenoxy) is 6. The van der Waals surface area contributed by atoms with Crippen molar-refractivity contribution < 1.29 is 38.0 Å². The van der Waals surface area contributed by atoms with E-state index < -0.39 is 11.9 Å². The monoisotopic (exact) mass is 400 g/mol. The Morgan fingerprint density at radius 2 is 1.00 bits per heavy atom. The third-order valence-corrected chi connectivity index (χ3v) is 4.06. The fraction of sp³-hybridized carbons (Fsp3) is 0.700. The van der Waals surface area contributed by atoms with Crippen LogP contribution in [0.4, 0.5) is 0 Å². The summed E-state index contributed by atoms with van der Waals surface area (Å²) in [5, 5.41) is 0. The molecule has 160 valence electrons. The molecule has 0 N–H and O–H groups in total. The van der Waals surface area contributed by atoms with Crippen LogP contribution in [-0.4, -0.2) is 77.0 Å². The Kier molecular flexibility index (Phi) is 14.1. The van der Waals surface area contributed by atoms with Crippen LogP contribution >= 0.6 is 0 Å². The van der Waals surface area contributed by atoms with E-state index in [0.717, 1.165) is 37.8 Å². The van der Waals surface area contributed by atoms with Gasteiger partial charge < -0.3 is 28.4 Å². The molecule has 0 atom stereocenters. The number of carbonyl (C=O) groups is 2. The first-order valence-electron chi connectivity index (χ1n) is 9.62. The third kappa shape index (κ3) is 12.6. The van der Waals surface area contributed by atoms with Crippen molar-refractivity contribution in [3.63, 3.8) is 0 Å². The normalized spacial score (nSPS) is 19.0. The Labute approximate surface area is 166 Å². The van der Waals surface area contributed by atoms with E-state index in [2.05, 4.69) is 13.2 Å². The van der Waals surface area contributed by atoms with Crippen molar-refractivity contribution in [2.24, 2.45) is 0 Å². The van der Waals surface area contributed by atoms with Crippen molar-refractivity contribution >= 4 is 11.9 Å². The van der Waals surface area contributed by atoms with Crippen molar-refractivity contribution in [3.05, 3.63) is 25.3 Å².